The number of rotatable bonds is 3. The molecule has 1 fully saturated rings. The normalized spacial score (nSPS) is 33.1. The van der Waals surface area contributed by atoms with Crippen molar-refractivity contribution in [3.8, 4) is 0 Å². The van der Waals surface area contributed by atoms with Crippen LogP contribution in [0.25, 0.3) is 0 Å². The van der Waals surface area contributed by atoms with E-state index >= 15 is 0 Å². The van der Waals surface area contributed by atoms with Crippen LogP contribution >= 0.6 is 0 Å². The van der Waals surface area contributed by atoms with E-state index in [4.69, 9.17) is 9.73 Å². The standard InChI is InChI=1S/C17H26N2O2/c1-12-9-13(11-17(20)21-2)18-15(10-12)14-5-3-7-19-8-4-6-16(14)19/h5,12-13,16H,3-4,6-11H2,1-2H3/t12-,13-,16+/m0/s1. The molecule has 0 radical (unpaired) electrons. The second kappa shape index (κ2) is 6.30. The predicted molar refractivity (Wildman–Crippen MR) is 83.5 cm³/mol. The number of hydrogen-bond donors (Lipinski definition) is 0. The number of ether oxygens (including phenoxy) is 1. The van der Waals surface area contributed by atoms with E-state index in [1.54, 1.807) is 0 Å². The highest BCUT2D eigenvalue weighted by Crippen LogP contribution is 2.33. The van der Waals surface area contributed by atoms with Gasteiger partial charge in [-0.25, -0.2) is 0 Å². The van der Waals surface area contributed by atoms with Crippen LogP contribution in [0.4, 0.5) is 0 Å². The number of carbonyl (C=O) groups is 1. The van der Waals surface area contributed by atoms with Crippen LogP contribution in [-0.2, 0) is 9.53 Å². The highest BCUT2D eigenvalue weighted by Gasteiger charge is 2.34. The number of carbonyl (C=O) groups excluding carboxylic acids is 1. The maximum absolute atomic E-state index is 11.5. The molecule has 116 valence electrons. The SMILES string of the molecule is COC(=O)C[C@@H]1C[C@H](C)CC(C2=CCCN3CCC[C@H]23)=N1. The highest BCUT2D eigenvalue weighted by molar-refractivity contribution is 6.02. The van der Waals surface area contributed by atoms with Crippen molar-refractivity contribution in [1.82, 2.24) is 4.90 Å². The molecule has 3 aliphatic heterocycles. The van der Waals surface area contributed by atoms with Gasteiger partial charge in [-0.3, -0.25) is 14.7 Å². The minimum Gasteiger partial charge on any atom is -0.469 e. The Kier molecular flexibility index (Phi) is 4.43. The molecule has 0 unspecified atom stereocenters. The van der Waals surface area contributed by atoms with Gasteiger partial charge in [-0.15, -0.1) is 0 Å². The molecule has 4 heteroatoms. The van der Waals surface area contributed by atoms with Crippen molar-refractivity contribution in [2.45, 2.75) is 57.5 Å². The van der Waals surface area contributed by atoms with Crippen LogP contribution in [-0.4, -0.2) is 48.9 Å². The predicted octanol–water partition coefficient (Wildman–Crippen LogP) is 2.58. The Morgan fingerprint density at radius 3 is 3.14 bits per heavy atom. The molecule has 4 nitrogen and oxygen atoms in total. The molecule has 1 saturated heterocycles. The van der Waals surface area contributed by atoms with Crippen molar-refractivity contribution in [1.29, 1.82) is 0 Å². The van der Waals surface area contributed by atoms with Gasteiger partial charge in [0.2, 0.25) is 0 Å². The van der Waals surface area contributed by atoms with E-state index in [-0.39, 0.29) is 12.0 Å². The van der Waals surface area contributed by atoms with Crippen LogP contribution in [0.15, 0.2) is 16.6 Å². The average molecular weight is 290 g/mol. The summed E-state index contributed by atoms with van der Waals surface area (Å²) in [5.74, 6) is 0.460. The number of methoxy groups -OCH3 is 1. The smallest absolute Gasteiger partial charge is 0.307 e. The summed E-state index contributed by atoms with van der Waals surface area (Å²) in [6.45, 7) is 4.70. The summed E-state index contributed by atoms with van der Waals surface area (Å²) in [4.78, 5) is 19.1. The molecule has 3 heterocycles. The molecular formula is C17H26N2O2. The Balaban J connectivity index is 1.79. The molecule has 3 aliphatic rings. The second-order valence-corrected chi connectivity index (χ2v) is 6.70. The van der Waals surface area contributed by atoms with Crippen LogP contribution < -0.4 is 0 Å². The molecule has 0 aromatic heterocycles. The minimum absolute atomic E-state index is 0.105. The summed E-state index contributed by atoms with van der Waals surface area (Å²) in [5, 5.41) is 0. The Bertz CT molecular complexity index is 469. The average Bonchev–Trinajstić information content (AvgIpc) is 2.94. The number of esters is 1. The second-order valence-electron chi connectivity index (χ2n) is 6.70. The molecule has 0 bridgehead atoms. The molecule has 0 N–H and O–H groups in total. The zero-order chi connectivity index (χ0) is 14.8. The Hall–Kier alpha value is -1.16. The van der Waals surface area contributed by atoms with Gasteiger partial charge in [-0.05, 0) is 50.1 Å². The van der Waals surface area contributed by atoms with Crippen LogP contribution in [0.2, 0.25) is 0 Å². The summed E-state index contributed by atoms with van der Waals surface area (Å²) in [7, 11) is 1.46. The van der Waals surface area contributed by atoms with Crippen molar-refractivity contribution in [3.05, 3.63) is 11.6 Å². The first-order valence-electron chi connectivity index (χ1n) is 8.25. The molecule has 21 heavy (non-hydrogen) atoms. The Labute approximate surface area is 127 Å². The largest absolute Gasteiger partial charge is 0.469 e. The minimum atomic E-state index is -0.141. The highest BCUT2D eigenvalue weighted by atomic mass is 16.5. The summed E-state index contributed by atoms with van der Waals surface area (Å²) in [6.07, 6.45) is 8.59. The molecule has 0 aromatic rings. The van der Waals surface area contributed by atoms with Gasteiger partial charge in [0.1, 0.15) is 0 Å². The van der Waals surface area contributed by atoms with Gasteiger partial charge in [0.15, 0.2) is 0 Å². The van der Waals surface area contributed by atoms with Gasteiger partial charge < -0.3 is 4.74 Å². The van der Waals surface area contributed by atoms with Crippen molar-refractivity contribution >= 4 is 11.7 Å². The van der Waals surface area contributed by atoms with Crippen LogP contribution in [0.5, 0.6) is 0 Å². The zero-order valence-electron chi connectivity index (χ0n) is 13.2. The number of hydrogen-bond acceptors (Lipinski definition) is 4. The topological polar surface area (TPSA) is 41.9 Å². The molecule has 3 atom stereocenters. The van der Waals surface area contributed by atoms with Gasteiger partial charge in [0.05, 0.1) is 19.6 Å². The Morgan fingerprint density at radius 1 is 1.48 bits per heavy atom. The van der Waals surface area contributed by atoms with E-state index < -0.39 is 0 Å². The Morgan fingerprint density at radius 2 is 2.33 bits per heavy atom. The van der Waals surface area contributed by atoms with Gasteiger partial charge in [-0.1, -0.05) is 13.0 Å². The third-order valence-electron chi connectivity index (χ3n) is 5.02. The summed E-state index contributed by atoms with van der Waals surface area (Å²) in [5.41, 5.74) is 2.72. The number of fused-ring (bicyclic) bond motifs is 1. The van der Waals surface area contributed by atoms with Crippen LogP contribution in [0.1, 0.15) is 45.4 Å². The van der Waals surface area contributed by atoms with Gasteiger partial charge in [0.25, 0.3) is 0 Å². The first-order valence-corrected chi connectivity index (χ1v) is 8.25. The fourth-order valence-electron chi connectivity index (χ4n) is 4.08. The number of aliphatic imine (C=N–C) groups is 1. The van der Waals surface area contributed by atoms with Gasteiger partial charge >= 0.3 is 5.97 Å². The van der Waals surface area contributed by atoms with Gasteiger partial charge in [0, 0.05) is 18.3 Å². The lowest BCUT2D eigenvalue weighted by Gasteiger charge is -2.34. The van der Waals surface area contributed by atoms with Gasteiger partial charge in [-0.2, -0.15) is 0 Å². The molecule has 0 spiro atoms. The first kappa shape index (κ1) is 14.8. The van der Waals surface area contributed by atoms with E-state index in [1.807, 2.05) is 0 Å². The maximum atomic E-state index is 11.5. The lowest BCUT2D eigenvalue weighted by Crippen LogP contribution is -2.39. The fraction of sp³-hybridized carbons (Fsp3) is 0.765. The van der Waals surface area contributed by atoms with E-state index in [9.17, 15) is 4.79 Å². The molecule has 0 aliphatic carbocycles. The van der Waals surface area contributed by atoms with E-state index in [2.05, 4.69) is 17.9 Å². The fourth-order valence-corrected chi connectivity index (χ4v) is 4.08. The van der Waals surface area contributed by atoms with Crippen molar-refractivity contribution in [2.75, 3.05) is 20.2 Å². The van der Waals surface area contributed by atoms with E-state index in [1.165, 1.54) is 44.3 Å². The van der Waals surface area contributed by atoms with Crippen LogP contribution in [0, 0.1) is 5.92 Å². The zero-order valence-corrected chi connectivity index (χ0v) is 13.2. The molecule has 0 saturated carbocycles. The summed E-state index contributed by atoms with van der Waals surface area (Å²) < 4.78 is 4.81. The van der Waals surface area contributed by atoms with E-state index in [0.717, 1.165) is 19.3 Å². The van der Waals surface area contributed by atoms with Crippen LogP contribution in [0.3, 0.4) is 0 Å². The molecule has 3 rings (SSSR count). The van der Waals surface area contributed by atoms with E-state index in [0.29, 0.717) is 18.4 Å². The molecule has 0 amide bonds. The van der Waals surface area contributed by atoms with Crippen molar-refractivity contribution < 1.29 is 9.53 Å². The summed E-state index contributed by atoms with van der Waals surface area (Å²) >= 11 is 0. The quantitative estimate of drug-likeness (QED) is 0.750. The molecule has 0 aromatic carbocycles. The third kappa shape index (κ3) is 3.20. The monoisotopic (exact) mass is 290 g/mol. The maximum Gasteiger partial charge on any atom is 0.307 e. The first-order chi connectivity index (χ1) is 10.2. The van der Waals surface area contributed by atoms with Crippen molar-refractivity contribution in [3.63, 3.8) is 0 Å². The molecular weight excluding hydrogens is 264 g/mol. The number of nitrogens with zero attached hydrogens (tertiary/aromatic N) is 2. The lowest BCUT2D eigenvalue weighted by atomic mass is 9.85. The third-order valence-corrected chi connectivity index (χ3v) is 5.02. The lowest BCUT2D eigenvalue weighted by molar-refractivity contribution is -0.141. The summed E-state index contributed by atoms with van der Waals surface area (Å²) in [6, 6.07) is 0.690. The van der Waals surface area contributed by atoms with Crippen molar-refractivity contribution in [2.24, 2.45) is 10.9 Å².